The lowest BCUT2D eigenvalue weighted by Crippen LogP contribution is -2.36. The lowest BCUT2D eigenvalue weighted by atomic mass is 10.7. The summed E-state index contributed by atoms with van der Waals surface area (Å²) in [5.41, 5.74) is 7.56. The lowest BCUT2D eigenvalue weighted by Gasteiger charge is -2.08. The highest BCUT2D eigenvalue weighted by molar-refractivity contribution is 5.76. The van der Waals surface area contributed by atoms with Crippen molar-refractivity contribution in [2.24, 2.45) is 10.7 Å². The zero-order valence-corrected chi connectivity index (χ0v) is 3.85. The maximum absolute atomic E-state index is 5.15. The van der Waals surface area contributed by atoms with Crippen molar-refractivity contribution in [3.63, 3.8) is 0 Å². The molecule has 0 aromatic rings. The molecule has 40 valence electrons. The smallest absolute Gasteiger partial charge is 0.213 e. The van der Waals surface area contributed by atoms with Gasteiger partial charge in [0.2, 0.25) is 5.96 Å². The van der Waals surface area contributed by atoms with Crippen molar-refractivity contribution in [3.05, 3.63) is 0 Å². The van der Waals surface area contributed by atoms with Crippen LogP contribution in [0.5, 0.6) is 0 Å². The third kappa shape index (κ3) is 1.04. The summed E-state index contributed by atoms with van der Waals surface area (Å²) in [7, 11) is 0. The van der Waals surface area contributed by atoms with Crippen LogP contribution in [0, 0.1) is 0 Å². The minimum Gasteiger partial charge on any atom is -0.368 e. The number of guanidine groups is 1. The molecule has 0 unspecified atom stereocenters. The van der Waals surface area contributed by atoms with Crippen molar-refractivity contribution >= 4 is 5.96 Å². The van der Waals surface area contributed by atoms with E-state index in [2.05, 4.69) is 15.3 Å². The Hall–Kier alpha value is -0.770. The number of hydrogen-bond donors (Lipinski definition) is 2. The summed E-state index contributed by atoms with van der Waals surface area (Å²) in [6.07, 6.45) is 0. The van der Waals surface area contributed by atoms with E-state index in [0.717, 1.165) is 0 Å². The first-order chi connectivity index (χ1) is 3.39. The molecule has 0 radical (unpaired) electrons. The van der Waals surface area contributed by atoms with E-state index in [-0.39, 0.29) is 0 Å². The minimum atomic E-state index is 0.367. The van der Waals surface area contributed by atoms with Crippen LogP contribution >= 0.6 is 0 Å². The summed E-state index contributed by atoms with van der Waals surface area (Å²) < 4.78 is 0. The third-order valence-electron chi connectivity index (χ3n) is 0.652. The summed E-state index contributed by atoms with van der Waals surface area (Å²) in [5.74, 6) is 0.367. The van der Waals surface area contributed by atoms with Crippen molar-refractivity contribution in [3.8, 4) is 0 Å². The molecular formula is C3H7N3O. The standard InChI is InChI=1S/C3H7N3O/c4-3-5-1-2-7-6-3/h1-2H2,(H3,4,5,6). The molecule has 0 fully saturated rings. The third-order valence-corrected chi connectivity index (χ3v) is 0.652. The Labute approximate surface area is 41.3 Å². The van der Waals surface area contributed by atoms with Gasteiger partial charge in [-0.2, -0.15) is 0 Å². The molecule has 4 nitrogen and oxygen atoms in total. The van der Waals surface area contributed by atoms with Gasteiger partial charge in [-0.1, -0.05) is 0 Å². The average Bonchev–Trinajstić information content (AvgIpc) is 1.69. The molecule has 7 heavy (non-hydrogen) atoms. The van der Waals surface area contributed by atoms with Gasteiger partial charge in [-0.15, -0.1) is 0 Å². The van der Waals surface area contributed by atoms with Crippen molar-refractivity contribution in [2.75, 3.05) is 13.2 Å². The summed E-state index contributed by atoms with van der Waals surface area (Å²) in [6, 6.07) is 0. The predicted octanol–water partition coefficient (Wildman–Crippen LogP) is -1.16. The molecule has 0 aromatic carbocycles. The number of aliphatic imine (C=N–C) groups is 1. The molecule has 1 aliphatic rings. The van der Waals surface area contributed by atoms with Gasteiger partial charge < -0.3 is 5.73 Å². The molecule has 0 atom stereocenters. The second-order valence-corrected chi connectivity index (χ2v) is 1.22. The molecule has 1 rings (SSSR count). The Balaban J connectivity index is 2.40. The lowest BCUT2D eigenvalue weighted by molar-refractivity contribution is 0.0811. The van der Waals surface area contributed by atoms with Crippen LogP contribution in [0.15, 0.2) is 4.99 Å². The molecule has 4 heteroatoms. The second kappa shape index (κ2) is 1.79. The van der Waals surface area contributed by atoms with E-state index in [1.807, 2.05) is 0 Å². The monoisotopic (exact) mass is 101 g/mol. The Morgan fingerprint density at radius 3 is 3.00 bits per heavy atom. The second-order valence-electron chi connectivity index (χ2n) is 1.22. The number of hydrogen-bond acceptors (Lipinski definition) is 4. The minimum absolute atomic E-state index is 0.367. The van der Waals surface area contributed by atoms with Gasteiger partial charge in [0.05, 0.1) is 13.2 Å². The van der Waals surface area contributed by atoms with Crippen molar-refractivity contribution in [2.45, 2.75) is 0 Å². The summed E-state index contributed by atoms with van der Waals surface area (Å²) in [6.45, 7) is 1.28. The molecule has 0 saturated heterocycles. The first-order valence-corrected chi connectivity index (χ1v) is 2.07. The van der Waals surface area contributed by atoms with E-state index in [1.54, 1.807) is 0 Å². The Bertz CT molecular complexity index is 90.2. The molecule has 0 bridgehead atoms. The first kappa shape index (κ1) is 4.39. The fourth-order valence-corrected chi connectivity index (χ4v) is 0.369. The number of nitrogens with one attached hydrogen (secondary N) is 1. The average molecular weight is 101 g/mol. The van der Waals surface area contributed by atoms with Crippen LogP contribution in [0.2, 0.25) is 0 Å². The molecule has 1 aliphatic heterocycles. The highest BCUT2D eigenvalue weighted by atomic mass is 16.6. The SMILES string of the molecule is NC1=NCCON1. The van der Waals surface area contributed by atoms with E-state index < -0.39 is 0 Å². The maximum atomic E-state index is 5.15. The summed E-state index contributed by atoms with van der Waals surface area (Å²) in [5, 5.41) is 0. The number of nitrogens with two attached hydrogens (primary N) is 1. The molecular weight excluding hydrogens is 94.1 g/mol. The molecule has 0 saturated carbocycles. The summed E-state index contributed by atoms with van der Waals surface area (Å²) in [4.78, 5) is 8.46. The normalized spacial score (nSPS) is 20.3. The zero-order chi connectivity index (χ0) is 5.11. The Morgan fingerprint density at radius 2 is 2.71 bits per heavy atom. The van der Waals surface area contributed by atoms with Crippen LogP contribution < -0.4 is 11.2 Å². The number of nitrogens with zero attached hydrogens (tertiary/aromatic N) is 1. The first-order valence-electron chi connectivity index (χ1n) is 2.07. The van der Waals surface area contributed by atoms with Crippen LogP contribution in [0.25, 0.3) is 0 Å². The highest BCUT2D eigenvalue weighted by Gasteiger charge is 1.95. The largest absolute Gasteiger partial charge is 0.368 e. The van der Waals surface area contributed by atoms with Crippen LogP contribution in [0.4, 0.5) is 0 Å². The van der Waals surface area contributed by atoms with Crippen LogP contribution in [0.1, 0.15) is 0 Å². The molecule has 3 N–H and O–H groups in total. The van der Waals surface area contributed by atoms with Gasteiger partial charge >= 0.3 is 0 Å². The van der Waals surface area contributed by atoms with Gasteiger partial charge in [0, 0.05) is 0 Å². The highest BCUT2D eigenvalue weighted by Crippen LogP contribution is 1.77. The number of rotatable bonds is 0. The fraction of sp³-hybridized carbons (Fsp3) is 0.667. The predicted molar refractivity (Wildman–Crippen MR) is 25.6 cm³/mol. The molecule has 0 amide bonds. The van der Waals surface area contributed by atoms with E-state index in [1.165, 1.54) is 0 Å². The van der Waals surface area contributed by atoms with Gasteiger partial charge in [0.25, 0.3) is 0 Å². The van der Waals surface area contributed by atoms with Crippen molar-refractivity contribution in [1.29, 1.82) is 0 Å². The van der Waals surface area contributed by atoms with Gasteiger partial charge in [-0.25, -0.2) is 10.5 Å². The molecule has 0 aliphatic carbocycles. The van der Waals surface area contributed by atoms with Crippen molar-refractivity contribution < 1.29 is 4.84 Å². The Kier molecular flexibility index (Phi) is 1.12. The van der Waals surface area contributed by atoms with Crippen LogP contribution in [0.3, 0.4) is 0 Å². The molecule has 1 heterocycles. The fourth-order valence-electron chi connectivity index (χ4n) is 0.369. The number of hydroxylamine groups is 1. The van der Waals surface area contributed by atoms with Gasteiger partial charge in [-0.05, 0) is 0 Å². The van der Waals surface area contributed by atoms with Crippen LogP contribution in [-0.4, -0.2) is 19.1 Å². The van der Waals surface area contributed by atoms with E-state index in [0.29, 0.717) is 19.1 Å². The quantitative estimate of drug-likeness (QED) is 0.404. The van der Waals surface area contributed by atoms with Gasteiger partial charge in [0.1, 0.15) is 0 Å². The van der Waals surface area contributed by atoms with Crippen molar-refractivity contribution in [1.82, 2.24) is 5.48 Å². The van der Waals surface area contributed by atoms with Gasteiger partial charge in [0.15, 0.2) is 0 Å². The van der Waals surface area contributed by atoms with Gasteiger partial charge in [-0.3, -0.25) is 4.84 Å². The topological polar surface area (TPSA) is 59.6 Å². The van der Waals surface area contributed by atoms with E-state index in [9.17, 15) is 0 Å². The summed E-state index contributed by atoms with van der Waals surface area (Å²) >= 11 is 0. The molecule has 0 spiro atoms. The van der Waals surface area contributed by atoms with Crippen LogP contribution in [-0.2, 0) is 4.84 Å². The van der Waals surface area contributed by atoms with E-state index >= 15 is 0 Å². The maximum Gasteiger partial charge on any atom is 0.213 e. The van der Waals surface area contributed by atoms with E-state index in [4.69, 9.17) is 5.73 Å². The Morgan fingerprint density at radius 1 is 1.86 bits per heavy atom. The molecule has 0 aromatic heterocycles. The zero-order valence-electron chi connectivity index (χ0n) is 3.85.